The molecule has 0 radical (unpaired) electrons. The Hall–Kier alpha value is -1.22. The summed E-state index contributed by atoms with van der Waals surface area (Å²) in [5, 5.41) is 5.29. The molecule has 160 valence electrons. The van der Waals surface area contributed by atoms with Gasteiger partial charge in [-0.05, 0) is 85.1 Å². The number of rotatable bonds is 6. The van der Waals surface area contributed by atoms with Crippen molar-refractivity contribution in [1.82, 2.24) is 5.32 Å². The number of halogens is 2. The smallest absolute Gasteiger partial charge is 0.119 e. The van der Waals surface area contributed by atoms with Crippen LogP contribution in [0, 0.1) is 16.7 Å². The van der Waals surface area contributed by atoms with Crippen molar-refractivity contribution in [2.75, 3.05) is 0 Å². The number of hydrogen-bond donors (Lipinski definition) is 1. The third kappa shape index (κ3) is 3.99. The molecule has 4 fully saturated rings. The van der Waals surface area contributed by atoms with E-state index in [1.54, 1.807) is 0 Å². The monoisotopic (exact) mass is 443 g/mol. The van der Waals surface area contributed by atoms with Crippen LogP contribution in [-0.4, -0.2) is 5.54 Å². The van der Waals surface area contributed by atoms with Gasteiger partial charge in [-0.15, -0.1) is 0 Å². The van der Waals surface area contributed by atoms with E-state index < -0.39 is 0 Å². The molecule has 1 N–H and O–H groups in total. The molecule has 0 saturated heterocycles. The number of hydrogen-bond acceptors (Lipinski definition) is 2. The summed E-state index contributed by atoms with van der Waals surface area (Å²) in [5.41, 5.74) is 3.55. The van der Waals surface area contributed by atoms with Crippen LogP contribution in [0.2, 0.25) is 10.0 Å². The minimum Gasteiger partial charge on any atom is -0.489 e. The van der Waals surface area contributed by atoms with Crippen LogP contribution in [0.5, 0.6) is 5.75 Å². The molecule has 6 rings (SSSR count). The zero-order valence-electron chi connectivity index (χ0n) is 17.9. The summed E-state index contributed by atoms with van der Waals surface area (Å²) in [5.74, 6) is 1.75. The first-order valence-corrected chi connectivity index (χ1v) is 11.9. The van der Waals surface area contributed by atoms with Gasteiger partial charge in [-0.25, -0.2) is 0 Å². The molecular weight excluding hydrogens is 413 g/mol. The van der Waals surface area contributed by atoms with Crippen molar-refractivity contribution in [3.63, 3.8) is 0 Å². The normalized spacial score (nSPS) is 34.3. The Bertz CT molecular complexity index is 902. The molecule has 2 unspecified atom stereocenters. The molecule has 2 aromatic rings. The molecule has 4 aliphatic rings. The highest BCUT2D eigenvalue weighted by atomic mass is 35.5. The number of benzene rings is 2. The largest absolute Gasteiger partial charge is 0.489 e. The van der Waals surface area contributed by atoms with Gasteiger partial charge in [0.25, 0.3) is 0 Å². The van der Waals surface area contributed by atoms with E-state index >= 15 is 0 Å². The highest BCUT2D eigenvalue weighted by Gasteiger charge is 2.59. The van der Waals surface area contributed by atoms with Crippen LogP contribution in [0.15, 0.2) is 42.5 Å². The molecule has 0 heterocycles. The topological polar surface area (TPSA) is 21.3 Å². The van der Waals surface area contributed by atoms with Crippen LogP contribution in [0.1, 0.15) is 63.5 Å². The van der Waals surface area contributed by atoms with E-state index in [1.165, 1.54) is 44.1 Å². The molecule has 4 atom stereocenters. The molecular formula is C26H31Cl2NO. The lowest BCUT2D eigenvalue weighted by atomic mass is 9.43. The quantitative estimate of drug-likeness (QED) is 0.501. The first kappa shape index (κ1) is 20.7. The van der Waals surface area contributed by atoms with E-state index in [0.29, 0.717) is 33.0 Å². The maximum absolute atomic E-state index is 6.24. The van der Waals surface area contributed by atoms with Crippen molar-refractivity contribution in [3.05, 3.63) is 63.6 Å². The first-order chi connectivity index (χ1) is 14.3. The number of nitrogens with one attached hydrogen (secondary N) is 1. The minimum atomic E-state index is 0.332. The summed E-state index contributed by atoms with van der Waals surface area (Å²) in [4.78, 5) is 0. The molecule has 4 aliphatic carbocycles. The highest BCUT2D eigenvalue weighted by Crippen LogP contribution is 2.66. The Kier molecular flexibility index (Phi) is 5.12. The van der Waals surface area contributed by atoms with Crippen LogP contribution >= 0.6 is 23.2 Å². The van der Waals surface area contributed by atoms with Crippen LogP contribution in [0.4, 0.5) is 0 Å². The van der Waals surface area contributed by atoms with E-state index in [4.69, 9.17) is 27.9 Å². The fourth-order valence-electron chi connectivity index (χ4n) is 7.46. The van der Waals surface area contributed by atoms with E-state index in [-0.39, 0.29) is 0 Å². The second kappa shape index (κ2) is 7.43. The van der Waals surface area contributed by atoms with Gasteiger partial charge in [0.2, 0.25) is 0 Å². The lowest BCUT2D eigenvalue weighted by Crippen LogP contribution is -2.63. The summed E-state index contributed by atoms with van der Waals surface area (Å²) >= 11 is 12.5. The van der Waals surface area contributed by atoms with Gasteiger partial charge in [0.1, 0.15) is 12.4 Å². The van der Waals surface area contributed by atoms with Gasteiger partial charge in [-0.3, -0.25) is 0 Å². The second-order valence-corrected chi connectivity index (χ2v) is 11.7. The predicted octanol–water partition coefficient (Wildman–Crippen LogP) is 7.41. The fourth-order valence-corrected chi connectivity index (χ4v) is 7.97. The van der Waals surface area contributed by atoms with Crippen LogP contribution < -0.4 is 10.1 Å². The third-order valence-electron chi connectivity index (χ3n) is 7.66. The van der Waals surface area contributed by atoms with Gasteiger partial charge in [-0.1, -0.05) is 55.2 Å². The Morgan fingerprint density at radius 1 is 0.900 bits per heavy atom. The maximum atomic E-state index is 6.24. The minimum absolute atomic E-state index is 0.332. The van der Waals surface area contributed by atoms with Crippen molar-refractivity contribution < 1.29 is 4.74 Å². The van der Waals surface area contributed by atoms with E-state index in [9.17, 15) is 0 Å². The Labute approximate surface area is 190 Å². The summed E-state index contributed by atoms with van der Waals surface area (Å²) in [7, 11) is 0. The number of ether oxygens (including phenoxy) is 1. The van der Waals surface area contributed by atoms with Crippen LogP contribution in [0.3, 0.4) is 0 Å². The predicted molar refractivity (Wildman–Crippen MR) is 124 cm³/mol. The van der Waals surface area contributed by atoms with Crippen molar-refractivity contribution in [3.8, 4) is 5.75 Å². The fraction of sp³-hybridized carbons (Fsp3) is 0.538. The maximum Gasteiger partial charge on any atom is 0.119 e. The summed E-state index contributed by atoms with van der Waals surface area (Å²) in [6, 6.07) is 14.0. The molecule has 0 spiro atoms. The van der Waals surface area contributed by atoms with Crippen molar-refractivity contribution in [2.24, 2.45) is 16.7 Å². The van der Waals surface area contributed by atoms with Crippen molar-refractivity contribution in [2.45, 2.75) is 71.1 Å². The van der Waals surface area contributed by atoms with Gasteiger partial charge in [0, 0.05) is 27.7 Å². The summed E-state index contributed by atoms with van der Waals surface area (Å²) in [6.45, 7) is 6.36. The average molecular weight is 444 g/mol. The Balaban J connectivity index is 1.21. The third-order valence-corrected chi connectivity index (χ3v) is 8.37. The Morgan fingerprint density at radius 2 is 1.53 bits per heavy atom. The zero-order chi connectivity index (χ0) is 21.0. The van der Waals surface area contributed by atoms with Gasteiger partial charge in [0.15, 0.2) is 0 Å². The molecule has 0 aromatic heterocycles. The van der Waals surface area contributed by atoms with E-state index in [1.807, 2.05) is 30.3 Å². The van der Waals surface area contributed by atoms with Gasteiger partial charge < -0.3 is 10.1 Å². The molecule has 4 saturated carbocycles. The van der Waals surface area contributed by atoms with Gasteiger partial charge in [-0.2, -0.15) is 0 Å². The Morgan fingerprint density at radius 3 is 2.13 bits per heavy atom. The summed E-state index contributed by atoms with van der Waals surface area (Å²) < 4.78 is 5.92. The molecule has 30 heavy (non-hydrogen) atoms. The standard InChI is InChI=1S/C26H31Cl2NO/c1-24-10-19-11-25(2,15-24)17-26(12-19,16-24)29-13-18-6-8-20(9-7-18)30-14-21-22(27)4-3-5-23(21)28/h3-9,19,29H,10-17H2,1-2H3/t19?,24-,25+,26?. The highest BCUT2D eigenvalue weighted by molar-refractivity contribution is 6.35. The summed E-state index contributed by atoms with van der Waals surface area (Å²) in [6.07, 6.45) is 8.33. The van der Waals surface area contributed by atoms with Crippen molar-refractivity contribution >= 4 is 23.2 Å². The molecule has 0 aliphatic heterocycles. The van der Waals surface area contributed by atoms with Crippen molar-refractivity contribution in [1.29, 1.82) is 0 Å². The van der Waals surface area contributed by atoms with Crippen LogP contribution in [0.25, 0.3) is 0 Å². The first-order valence-electron chi connectivity index (χ1n) is 11.2. The van der Waals surface area contributed by atoms with Gasteiger partial charge >= 0.3 is 0 Å². The molecule has 4 bridgehead atoms. The molecule has 2 nitrogen and oxygen atoms in total. The van der Waals surface area contributed by atoms with Gasteiger partial charge in [0.05, 0.1) is 0 Å². The van der Waals surface area contributed by atoms with E-state index in [2.05, 4.69) is 31.3 Å². The molecule has 0 amide bonds. The van der Waals surface area contributed by atoms with Crippen LogP contribution in [-0.2, 0) is 13.2 Å². The molecule has 4 heteroatoms. The average Bonchev–Trinajstić information content (AvgIpc) is 2.64. The lowest BCUT2D eigenvalue weighted by molar-refractivity contribution is -0.118. The lowest BCUT2D eigenvalue weighted by Gasteiger charge is -2.65. The molecule has 2 aromatic carbocycles. The SMILES string of the molecule is C[C@]12CC3CC(NCc4ccc(OCc5c(Cl)cccc5Cl)cc4)(C1)C[C@@](C)(C3)C2. The van der Waals surface area contributed by atoms with E-state index in [0.717, 1.165) is 23.8 Å². The zero-order valence-corrected chi connectivity index (χ0v) is 19.5. The second-order valence-electron chi connectivity index (χ2n) is 10.9.